The number of benzene rings is 2. The van der Waals surface area contributed by atoms with Crippen LogP contribution in [0.2, 0.25) is 0 Å². The van der Waals surface area contributed by atoms with Gasteiger partial charge in [0, 0.05) is 5.56 Å². The lowest BCUT2D eigenvalue weighted by atomic mass is 10.1. The minimum Gasteiger partial charge on any atom is -0.506 e. The molecule has 0 aliphatic carbocycles. The minimum absolute atomic E-state index is 0.185. The lowest BCUT2D eigenvalue weighted by Gasteiger charge is -2.03. The van der Waals surface area contributed by atoms with Gasteiger partial charge in [-0.05, 0) is 30.4 Å². The van der Waals surface area contributed by atoms with Crippen molar-refractivity contribution < 1.29 is 18.7 Å². The van der Waals surface area contributed by atoms with E-state index in [1.807, 2.05) is 0 Å². The van der Waals surface area contributed by atoms with Gasteiger partial charge in [0.15, 0.2) is 5.78 Å². The van der Waals surface area contributed by atoms with Gasteiger partial charge in [-0.3, -0.25) is 4.79 Å². The SMILES string of the molecule is O=C(/C=C/c1ccccc1F)c1c(O)c2ccccc2oc1=O. The smallest absolute Gasteiger partial charge is 0.351 e. The Morgan fingerprint density at radius 2 is 1.78 bits per heavy atom. The largest absolute Gasteiger partial charge is 0.506 e. The first-order chi connectivity index (χ1) is 11.1. The molecule has 114 valence electrons. The van der Waals surface area contributed by atoms with E-state index in [1.54, 1.807) is 18.2 Å². The first kappa shape index (κ1) is 14.7. The summed E-state index contributed by atoms with van der Waals surface area (Å²) in [6.45, 7) is 0. The fraction of sp³-hybridized carbons (Fsp3) is 0. The van der Waals surface area contributed by atoms with Gasteiger partial charge in [-0.25, -0.2) is 9.18 Å². The van der Waals surface area contributed by atoms with Crippen molar-refractivity contribution >= 4 is 22.8 Å². The molecule has 1 N–H and O–H groups in total. The van der Waals surface area contributed by atoms with Crippen molar-refractivity contribution in [3.8, 4) is 5.75 Å². The number of fused-ring (bicyclic) bond motifs is 1. The summed E-state index contributed by atoms with van der Waals surface area (Å²) in [4.78, 5) is 24.1. The van der Waals surface area contributed by atoms with Crippen molar-refractivity contribution in [2.24, 2.45) is 0 Å². The van der Waals surface area contributed by atoms with Crippen LogP contribution in [0, 0.1) is 5.82 Å². The Kier molecular flexibility index (Phi) is 3.76. The van der Waals surface area contributed by atoms with Gasteiger partial charge in [0.05, 0.1) is 5.39 Å². The van der Waals surface area contributed by atoms with E-state index >= 15 is 0 Å². The van der Waals surface area contributed by atoms with Crippen LogP contribution in [0.5, 0.6) is 5.75 Å². The number of hydrogen-bond acceptors (Lipinski definition) is 4. The number of para-hydroxylation sites is 1. The van der Waals surface area contributed by atoms with E-state index in [4.69, 9.17) is 4.42 Å². The number of ketones is 1. The Labute approximate surface area is 130 Å². The first-order valence-electron chi connectivity index (χ1n) is 6.79. The van der Waals surface area contributed by atoms with Gasteiger partial charge in [-0.2, -0.15) is 0 Å². The second-order valence-corrected chi connectivity index (χ2v) is 4.83. The lowest BCUT2D eigenvalue weighted by Crippen LogP contribution is -2.12. The molecule has 23 heavy (non-hydrogen) atoms. The maximum absolute atomic E-state index is 13.5. The number of carbonyl (C=O) groups is 1. The highest BCUT2D eigenvalue weighted by atomic mass is 19.1. The zero-order chi connectivity index (χ0) is 16.4. The molecule has 0 saturated carbocycles. The molecular formula is C18H11FO4. The molecule has 0 aliphatic rings. The van der Waals surface area contributed by atoms with Crippen LogP contribution >= 0.6 is 0 Å². The molecule has 0 radical (unpaired) electrons. The third-order valence-electron chi connectivity index (χ3n) is 3.35. The molecule has 1 heterocycles. The van der Waals surface area contributed by atoms with Gasteiger partial charge in [0.25, 0.3) is 0 Å². The first-order valence-corrected chi connectivity index (χ1v) is 6.79. The molecule has 3 aromatic rings. The number of halogens is 1. The van der Waals surface area contributed by atoms with Crippen LogP contribution in [-0.4, -0.2) is 10.9 Å². The molecule has 0 spiro atoms. The summed E-state index contributed by atoms with van der Waals surface area (Å²) in [5, 5.41) is 10.4. The minimum atomic E-state index is -0.940. The van der Waals surface area contributed by atoms with Crippen molar-refractivity contribution in [3.63, 3.8) is 0 Å². The van der Waals surface area contributed by atoms with E-state index in [0.29, 0.717) is 0 Å². The molecule has 2 aromatic carbocycles. The standard InChI is InChI=1S/C18H11FO4/c19-13-7-3-1-5-11(13)9-10-14(20)16-17(21)12-6-2-4-8-15(12)23-18(16)22/h1-10,21H/b10-9+. The summed E-state index contributed by atoms with van der Waals surface area (Å²) in [7, 11) is 0. The molecule has 0 aliphatic heterocycles. The lowest BCUT2D eigenvalue weighted by molar-refractivity contribution is 0.104. The van der Waals surface area contributed by atoms with Gasteiger partial charge in [0.1, 0.15) is 22.7 Å². The molecular weight excluding hydrogens is 299 g/mol. The third kappa shape index (κ3) is 2.76. The van der Waals surface area contributed by atoms with Crippen LogP contribution < -0.4 is 5.63 Å². The summed E-state index contributed by atoms with van der Waals surface area (Å²) in [5.41, 5.74) is -1.03. The van der Waals surface area contributed by atoms with Gasteiger partial charge < -0.3 is 9.52 Å². The van der Waals surface area contributed by atoms with Crippen LogP contribution in [0.15, 0.2) is 63.8 Å². The Balaban J connectivity index is 2.05. The van der Waals surface area contributed by atoms with Gasteiger partial charge in [-0.1, -0.05) is 30.3 Å². The zero-order valence-corrected chi connectivity index (χ0v) is 11.8. The van der Waals surface area contributed by atoms with Crippen molar-refractivity contribution in [2.45, 2.75) is 0 Å². The molecule has 0 atom stereocenters. The topological polar surface area (TPSA) is 67.5 Å². The van der Waals surface area contributed by atoms with Crippen LogP contribution in [0.25, 0.3) is 17.0 Å². The van der Waals surface area contributed by atoms with Crippen molar-refractivity contribution in [2.75, 3.05) is 0 Å². The molecule has 5 heteroatoms. The highest BCUT2D eigenvalue weighted by Gasteiger charge is 2.18. The van der Waals surface area contributed by atoms with Crippen LogP contribution in [0.1, 0.15) is 15.9 Å². The quantitative estimate of drug-likeness (QED) is 0.456. The summed E-state index contributed by atoms with van der Waals surface area (Å²) >= 11 is 0. The van der Waals surface area contributed by atoms with E-state index in [0.717, 1.165) is 6.08 Å². The summed E-state index contributed by atoms with van der Waals surface area (Å²) in [5.74, 6) is -1.70. The van der Waals surface area contributed by atoms with E-state index in [9.17, 15) is 19.1 Å². The summed E-state index contributed by atoms with van der Waals surface area (Å²) in [6.07, 6.45) is 2.27. The summed E-state index contributed by atoms with van der Waals surface area (Å²) < 4.78 is 18.5. The second-order valence-electron chi connectivity index (χ2n) is 4.83. The molecule has 0 saturated heterocycles. The highest BCUT2D eigenvalue weighted by molar-refractivity contribution is 6.10. The highest BCUT2D eigenvalue weighted by Crippen LogP contribution is 2.26. The van der Waals surface area contributed by atoms with Crippen molar-refractivity contribution in [3.05, 3.63) is 82.0 Å². The molecule has 0 unspecified atom stereocenters. The molecule has 0 fully saturated rings. The zero-order valence-electron chi connectivity index (χ0n) is 11.8. The van der Waals surface area contributed by atoms with E-state index in [2.05, 4.69) is 0 Å². The number of rotatable bonds is 3. The second kappa shape index (κ2) is 5.88. The number of allylic oxidation sites excluding steroid dienone is 1. The Morgan fingerprint density at radius 1 is 1.09 bits per heavy atom. The van der Waals surface area contributed by atoms with Gasteiger partial charge in [-0.15, -0.1) is 0 Å². The molecule has 0 bridgehead atoms. The Bertz CT molecular complexity index is 986. The van der Waals surface area contributed by atoms with E-state index in [-0.39, 0.29) is 16.5 Å². The van der Waals surface area contributed by atoms with Crippen molar-refractivity contribution in [1.82, 2.24) is 0 Å². The van der Waals surface area contributed by atoms with Crippen LogP contribution in [0.4, 0.5) is 4.39 Å². The average molecular weight is 310 g/mol. The fourth-order valence-corrected chi connectivity index (χ4v) is 2.21. The molecule has 1 aromatic heterocycles. The maximum Gasteiger partial charge on any atom is 0.351 e. The predicted molar refractivity (Wildman–Crippen MR) is 83.9 cm³/mol. The predicted octanol–water partition coefficient (Wildman–Crippen LogP) is 3.53. The van der Waals surface area contributed by atoms with E-state index < -0.39 is 28.5 Å². The van der Waals surface area contributed by atoms with Crippen LogP contribution in [0.3, 0.4) is 0 Å². The fourth-order valence-electron chi connectivity index (χ4n) is 2.21. The average Bonchev–Trinajstić information content (AvgIpc) is 2.54. The molecule has 3 rings (SSSR count). The normalized spacial score (nSPS) is 11.2. The van der Waals surface area contributed by atoms with E-state index in [1.165, 1.54) is 36.4 Å². The Morgan fingerprint density at radius 3 is 2.57 bits per heavy atom. The summed E-state index contributed by atoms with van der Waals surface area (Å²) in [6, 6.07) is 12.2. The number of aromatic hydroxyl groups is 1. The monoisotopic (exact) mass is 310 g/mol. The maximum atomic E-state index is 13.5. The van der Waals surface area contributed by atoms with Crippen LogP contribution in [-0.2, 0) is 0 Å². The molecule has 4 nitrogen and oxygen atoms in total. The molecule has 0 amide bonds. The van der Waals surface area contributed by atoms with Crippen molar-refractivity contribution in [1.29, 1.82) is 0 Å². The Hall–Kier alpha value is -3.21. The van der Waals surface area contributed by atoms with Gasteiger partial charge >= 0.3 is 5.63 Å². The third-order valence-corrected chi connectivity index (χ3v) is 3.35. The number of carbonyl (C=O) groups excluding carboxylic acids is 1. The number of hydrogen-bond donors (Lipinski definition) is 1. The van der Waals surface area contributed by atoms with Gasteiger partial charge in [0.2, 0.25) is 0 Å².